The standard InChI is InChI=1S/C21H22BrN3O2/c1-14(7-8-16-9-11-17(22)12-10-16)23-20(26)13-25-21(27)19-6-4-3-5-18(19)15(2)24-25/h3-6,9-12,14H,7-8,13H2,1-2H3,(H,23,26). The van der Waals surface area contributed by atoms with Crippen LogP contribution in [-0.2, 0) is 17.8 Å². The van der Waals surface area contributed by atoms with E-state index in [1.165, 1.54) is 10.2 Å². The molecule has 0 saturated carbocycles. The molecule has 0 aliphatic carbocycles. The van der Waals surface area contributed by atoms with Gasteiger partial charge in [0, 0.05) is 15.9 Å². The van der Waals surface area contributed by atoms with Crippen LogP contribution in [0.5, 0.6) is 0 Å². The fourth-order valence-corrected chi connectivity index (χ4v) is 3.34. The Morgan fingerprint density at radius 2 is 1.81 bits per heavy atom. The molecule has 27 heavy (non-hydrogen) atoms. The first kappa shape index (κ1) is 19.3. The van der Waals surface area contributed by atoms with Gasteiger partial charge in [-0.1, -0.05) is 46.3 Å². The Labute approximate surface area is 166 Å². The molecule has 1 N–H and O–H groups in total. The molecule has 1 atom stereocenters. The highest BCUT2D eigenvalue weighted by atomic mass is 79.9. The van der Waals surface area contributed by atoms with Gasteiger partial charge < -0.3 is 5.32 Å². The largest absolute Gasteiger partial charge is 0.352 e. The Hall–Kier alpha value is -2.47. The number of hydrogen-bond acceptors (Lipinski definition) is 3. The molecule has 140 valence electrons. The number of benzene rings is 2. The lowest BCUT2D eigenvalue weighted by atomic mass is 10.1. The Morgan fingerprint density at radius 1 is 1.15 bits per heavy atom. The lowest BCUT2D eigenvalue weighted by molar-refractivity contribution is -0.122. The third-order valence-corrected chi connectivity index (χ3v) is 5.06. The number of hydrogen-bond donors (Lipinski definition) is 1. The minimum atomic E-state index is -0.242. The molecule has 1 unspecified atom stereocenters. The molecule has 0 aliphatic heterocycles. The van der Waals surface area contributed by atoms with Crippen LogP contribution in [0.1, 0.15) is 24.6 Å². The predicted molar refractivity (Wildman–Crippen MR) is 111 cm³/mol. The van der Waals surface area contributed by atoms with Gasteiger partial charge in [-0.3, -0.25) is 9.59 Å². The number of nitrogens with zero attached hydrogens (tertiary/aromatic N) is 2. The molecule has 0 fully saturated rings. The van der Waals surface area contributed by atoms with Gasteiger partial charge in [0.25, 0.3) is 5.56 Å². The highest BCUT2D eigenvalue weighted by Crippen LogP contribution is 2.13. The summed E-state index contributed by atoms with van der Waals surface area (Å²) in [5.74, 6) is -0.206. The van der Waals surface area contributed by atoms with Crippen LogP contribution in [-0.4, -0.2) is 21.7 Å². The van der Waals surface area contributed by atoms with Crippen LogP contribution in [0.25, 0.3) is 10.8 Å². The number of rotatable bonds is 6. The topological polar surface area (TPSA) is 64.0 Å². The van der Waals surface area contributed by atoms with E-state index >= 15 is 0 Å². The molecule has 0 bridgehead atoms. The molecule has 3 rings (SSSR count). The van der Waals surface area contributed by atoms with Crippen molar-refractivity contribution >= 4 is 32.6 Å². The normalized spacial score (nSPS) is 12.1. The SMILES string of the molecule is Cc1nn(CC(=O)NC(C)CCc2ccc(Br)cc2)c(=O)c2ccccc12. The van der Waals surface area contributed by atoms with Crippen LogP contribution in [0.3, 0.4) is 0 Å². The zero-order valence-corrected chi connectivity index (χ0v) is 17.0. The number of amides is 1. The van der Waals surface area contributed by atoms with Crippen LogP contribution in [0.4, 0.5) is 0 Å². The number of carbonyl (C=O) groups is 1. The van der Waals surface area contributed by atoms with E-state index in [2.05, 4.69) is 38.5 Å². The summed E-state index contributed by atoms with van der Waals surface area (Å²) in [6, 6.07) is 15.5. The summed E-state index contributed by atoms with van der Waals surface area (Å²) in [7, 11) is 0. The molecule has 5 nitrogen and oxygen atoms in total. The summed E-state index contributed by atoms with van der Waals surface area (Å²) in [4.78, 5) is 24.9. The number of nitrogens with one attached hydrogen (secondary N) is 1. The molecule has 1 heterocycles. The molecule has 3 aromatic rings. The molecule has 6 heteroatoms. The first-order valence-electron chi connectivity index (χ1n) is 8.94. The fraction of sp³-hybridized carbons (Fsp3) is 0.286. The lowest BCUT2D eigenvalue weighted by Crippen LogP contribution is -2.38. The maximum Gasteiger partial charge on any atom is 0.275 e. The lowest BCUT2D eigenvalue weighted by Gasteiger charge is -2.15. The second kappa shape index (κ2) is 8.48. The van der Waals surface area contributed by atoms with Gasteiger partial charge >= 0.3 is 0 Å². The van der Waals surface area contributed by atoms with Crippen LogP contribution in [0, 0.1) is 6.92 Å². The minimum Gasteiger partial charge on any atom is -0.352 e. The minimum absolute atomic E-state index is 0.0124. The van der Waals surface area contributed by atoms with E-state index in [0.717, 1.165) is 28.4 Å². The Kier molecular flexibility index (Phi) is 6.06. The summed E-state index contributed by atoms with van der Waals surface area (Å²) in [6.45, 7) is 3.74. The maximum absolute atomic E-state index is 12.6. The smallest absolute Gasteiger partial charge is 0.275 e. The van der Waals surface area contributed by atoms with Gasteiger partial charge in [-0.2, -0.15) is 5.10 Å². The zero-order valence-electron chi connectivity index (χ0n) is 15.4. The average molecular weight is 428 g/mol. The Balaban J connectivity index is 1.62. The summed E-state index contributed by atoms with van der Waals surface area (Å²) in [5.41, 5.74) is 1.72. The van der Waals surface area contributed by atoms with Crippen LogP contribution in [0.2, 0.25) is 0 Å². The fourth-order valence-electron chi connectivity index (χ4n) is 3.07. The zero-order chi connectivity index (χ0) is 19.4. The predicted octanol–water partition coefficient (Wildman–Crippen LogP) is 3.60. The van der Waals surface area contributed by atoms with Crippen LogP contribution < -0.4 is 10.9 Å². The molecule has 0 aliphatic rings. The molecular weight excluding hydrogens is 406 g/mol. The highest BCUT2D eigenvalue weighted by Gasteiger charge is 2.12. The summed E-state index contributed by atoms with van der Waals surface area (Å²) in [6.07, 6.45) is 1.70. The molecule has 0 spiro atoms. The molecule has 1 amide bonds. The Morgan fingerprint density at radius 3 is 2.52 bits per heavy atom. The van der Waals surface area contributed by atoms with Crippen molar-refractivity contribution < 1.29 is 4.79 Å². The van der Waals surface area contributed by atoms with E-state index in [0.29, 0.717) is 5.39 Å². The average Bonchev–Trinajstić information content (AvgIpc) is 2.65. The van der Waals surface area contributed by atoms with E-state index in [-0.39, 0.29) is 24.1 Å². The van der Waals surface area contributed by atoms with Gasteiger partial charge in [0.1, 0.15) is 6.54 Å². The molecule has 0 radical (unpaired) electrons. The van der Waals surface area contributed by atoms with Gasteiger partial charge in [-0.05, 0) is 50.5 Å². The second-order valence-electron chi connectivity index (χ2n) is 6.73. The van der Waals surface area contributed by atoms with Crippen molar-refractivity contribution in [2.45, 2.75) is 39.3 Å². The van der Waals surface area contributed by atoms with E-state index in [1.807, 2.05) is 44.2 Å². The molecule has 0 saturated heterocycles. The maximum atomic E-state index is 12.6. The van der Waals surface area contributed by atoms with Gasteiger partial charge in [0.05, 0.1) is 11.1 Å². The third-order valence-electron chi connectivity index (χ3n) is 4.53. The quantitative estimate of drug-likeness (QED) is 0.653. The number of halogens is 1. The number of aromatic nitrogens is 2. The molecule has 1 aromatic heterocycles. The van der Waals surface area contributed by atoms with E-state index in [4.69, 9.17) is 0 Å². The first-order valence-corrected chi connectivity index (χ1v) is 9.73. The van der Waals surface area contributed by atoms with Crippen molar-refractivity contribution in [2.24, 2.45) is 0 Å². The number of aryl methyl sites for hydroxylation is 2. The molecular formula is C21H22BrN3O2. The van der Waals surface area contributed by atoms with Crippen LogP contribution in [0.15, 0.2) is 57.8 Å². The molecule has 2 aromatic carbocycles. The summed E-state index contributed by atoms with van der Waals surface area (Å²) >= 11 is 3.42. The Bertz CT molecular complexity index is 1010. The number of carbonyl (C=O) groups excluding carboxylic acids is 1. The van der Waals surface area contributed by atoms with Crippen molar-refractivity contribution in [3.8, 4) is 0 Å². The van der Waals surface area contributed by atoms with Gasteiger partial charge in [-0.15, -0.1) is 0 Å². The summed E-state index contributed by atoms with van der Waals surface area (Å²) < 4.78 is 2.30. The van der Waals surface area contributed by atoms with Crippen molar-refractivity contribution in [1.82, 2.24) is 15.1 Å². The van der Waals surface area contributed by atoms with Gasteiger partial charge in [-0.25, -0.2) is 4.68 Å². The monoisotopic (exact) mass is 427 g/mol. The van der Waals surface area contributed by atoms with Crippen molar-refractivity contribution in [3.63, 3.8) is 0 Å². The van der Waals surface area contributed by atoms with E-state index in [1.54, 1.807) is 6.07 Å². The first-order chi connectivity index (χ1) is 12.9. The summed E-state index contributed by atoms with van der Waals surface area (Å²) in [5, 5.41) is 8.65. The van der Waals surface area contributed by atoms with Crippen molar-refractivity contribution in [3.05, 3.63) is 74.6 Å². The van der Waals surface area contributed by atoms with Crippen molar-refractivity contribution in [1.29, 1.82) is 0 Å². The highest BCUT2D eigenvalue weighted by molar-refractivity contribution is 9.10. The second-order valence-corrected chi connectivity index (χ2v) is 7.64. The van der Waals surface area contributed by atoms with E-state index in [9.17, 15) is 9.59 Å². The van der Waals surface area contributed by atoms with Gasteiger partial charge in [0.15, 0.2) is 0 Å². The third kappa shape index (κ3) is 4.83. The number of fused-ring (bicyclic) bond motifs is 1. The van der Waals surface area contributed by atoms with Gasteiger partial charge in [0.2, 0.25) is 5.91 Å². The van der Waals surface area contributed by atoms with E-state index < -0.39 is 0 Å². The van der Waals surface area contributed by atoms with Crippen LogP contribution >= 0.6 is 15.9 Å². The van der Waals surface area contributed by atoms with Crippen molar-refractivity contribution in [2.75, 3.05) is 0 Å².